The van der Waals surface area contributed by atoms with Crippen molar-refractivity contribution in [2.45, 2.75) is 17.7 Å². The highest BCUT2D eigenvalue weighted by Gasteiger charge is 2.31. The summed E-state index contributed by atoms with van der Waals surface area (Å²) < 4.78 is 33.2. The van der Waals surface area contributed by atoms with E-state index in [1.54, 1.807) is 31.2 Å². The Hall–Kier alpha value is -2.67. The number of esters is 1. The van der Waals surface area contributed by atoms with Crippen LogP contribution in [0, 0.1) is 0 Å². The van der Waals surface area contributed by atoms with Crippen LogP contribution in [0.15, 0.2) is 53.4 Å². The molecule has 0 saturated heterocycles. The van der Waals surface area contributed by atoms with Gasteiger partial charge in [-0.25, -0.2) is 8.42 Å². The van der Waals surface area contributed by atoms with Gasteiger partial charge in [0.15, 0.2) is 15.6 Å². The monoisotopic (exact) mass is 376 g/mol. The SMILES string of the molecule is CCOC(=O)C(C(=O)c1ccc(S(C)(=O)=O)cc1)c1ccc(OC)cc1. The second kappa shape index (κ2) is 8.14. The minimum atomic E-state index is -3.37. The molecule has 0 amide bonds. The van der Waals surface area contributed by atoms with Gasteiger partial charge in [-0.15, -0.1) is 0 Å². The highest BCUT2D eigenvalue weighted by Crippen LogP contribution is 2.25. The minimum absolute atomic E-state index is 0.103. The number of rotatable bonds is 7. The molecule has 0 aliphatic carbocycles. The first-order chi connectivity index (χ1) is 12.3. The summed E-state index contributed by atoms with van der Waals surface area (Å²) in [4.78, 5) is 25.4. The van der Waals surface area contributed by atoms with Crippen LogP contribution in [-0.4, -0.2) is 40.1 Å². The third-order valence-electron chi connectivity index (χ3n) is 3.80. The van der Waals surface area contributed by atoms with Crippen molar-refractivity contribution in [1.82, 2.24) is 0 Å². The molecule has 0 aromatic heterocycles. The lowest BCUT2D eigenvalue weighted by Gasteiger charge is -2.15. The predicted octanol–water partition coefficient (Wildman–Crippen LogP) is 2.63. The van der Waals surface area contributed by atoms with Gasteiger partial charge < -0.3 is 9.47 Å². The van der Waals surface area contributed by atoms with Crippen LogP contribution in [0.4, 0.5) is 0 Å². The average molecular weight is 376 g/mol. The van der Waals surface area contributed by atoms with Crippen molar-refractivity contribution in [2.75, 3.05) is 20.0 Å². The van der Waals surface area contributed by atoms with Crippen LogP contribution in [0.3, 0.4) is 0 Å². The fourth-order valence-electron chi connectivity index (χ4n) is 2.45. The number of hydrogen-bond donors (Lipinski definition) is 0. The number of sulfone groups is 1. The van der Waals surface area contributed by atoms with E-state index in [4.69, 9.17) is 9.47 Å². The Morgan fingerprint density at radius 1 is 1.00 bits per heavy atom. The van der Waals surface area contributed by atoms with Crippen LogP contribution in [0.25, 0.3) is 0 Å². The van der Waals surface area contributed by atoms with Crippen LogP contribution >= 0.6 is 0 Å². The number of benzene rings is 2. The summed E-state index contributed by atoms with van der Waals surface area (Å²) in [7, 11) is -1.85. The van der Waals surface area contributed by atoms with E-state index in [1.165, 1.54) is 31.4 Å². The number of ether oxygens (including phenoxy) is 2. The zero-order valence-electron chi connectivity index (χ0n) is 14.8. The van der Waals surface area contributed by atoms with Gasteiger partial charge in [-0.3, -0.25) is 9.59 Å². The highest BCUT2D eigenvalue weighted by molar-refractivity contribution is 7.90. The first-order valence-electron chi connectivity index (χ1n) is 7.92. The van der Waals surface area contributed by atoms with E-state index < -0.39 is 27.5 Å². The number of ketones is 1. The quantitative estimate of drug-likeness (QED) is 0.419. The molecular weight excluding hydrogens is 356 g/mol. The van der Waals surface area contributed by atoms with Gasteiger partial charge in [0, 0.05) is 11.8 Å². The lowest BCUT2D eigenvalue weighted by atomic mass is 9.90. The third-order valence-corrected chi connectivity index (χ3v) is 4.93. The van der Waals surface area contributed by atoms with E-state index in [0.717, 1.165) is 6.26 Å². The minimum Gasteiger partial charge on any atom is -0.497 e. The number of methoxy groups -OCH3 is 1. The molecule has 0 aliphatic heterocycles. The van der Waals surface area contributed by atoms with E-state index >= 15 is 0 Å². The van der Waals surface area contributed by atoms with Gasteiger partial charge in [0.05, 0.1) is 18.6 Å². The Morgan fingerprint density at radius 3 is 2.04 bits per heavy atom. The van der Waals surface area contributed by atoms with Crippen LogP contribution in [0.5, 0.6) is 5.75 Å². The summed E-state index contributed by atoms with van der Waals surface area (Å²) in [6.45, 7) is 1.81. The van der Waals surface area contributed by atoms with Gasteiger partial charge in [-0.1, -0.05) is 24.3 Å². The van der Waals surface area contributed by atoms with Crippen molar-refractivity contribution in [3.05, 3.63) is 59.7 Å². The lowest BCUT2D eigenvalue weighted by molar-refractivity contribution is -0.143. The molecule has 0 heterocycles. The van der Waals surface area contributed by atoms with Crippen molar-refractivity contribution < 1.29 is 27.5 Å². The van der Waals surface area contributed by atoms with Crippen molar-refractivity contribution in [1.29, 1.82) is 0 Å². The largest absolute Gasteiger partial charge is 0.497 e. The van der Waals surface area contributed by atoms with Gasteiger partial charge in [0.25, 0.3) is 0 Å². The molecular formula is C19H20O6S. The lowest BCUT2D eigenvalue weighted by Crippen LogP contribution is -2.24. The molecule has 0 N–H and O–H groups in total. The highest BCUT2D eigenvalue weighted by atomic mass is 32.2. The molecule has 2 aromatic rings. The second-order valence-corrected chi connectivity index (χ2v) is 7.63. The smallest absolute Gasteiger partial charge is 0.321 e. The standard InChI is InChI=1S/C19H20O6S/c1-4-25-19(21)17(13-5-9-15(24-2)10-6-13)18(20)14-7-11-16(12-8-14)26(3,22)23/h5-12,17H,4H2,1-3H3. The van der Waals surface area contributed by atoms with E-state index in [-0.39, 0.29) is 17.1 Å². The zero-order valence-corrected chi connectivity index (χ0v) is 15.6. The fraction of sp³-hybridized carbons (Fsp3) is 0.263. The van der Waals surface area contributed by atoms with Gasteiger partial charge >= 0.3 is 5.97 Å². The summed E-state index contributed by atoms with van der Waals surface area (Å²) >= 11 is 0. The van der Waals surface area contributed by atoms with Crippen molar-refractivity contribution in [3.8, 4) is 5.75 Å². The Balaban J connectivity index is 2.40. The maximum atomic E-state index is 12.9. The molecule has 0 fully saturated rings. The Kier molecular flexibility index (Phi) is 6.15. The van der Waals surface area contributed by atoms with E-state index in [1.807, 2.05) is 0 Å². The Bertz CT molecular complexity index is 883. The van der Waals surface area contributed by atoms with Crippen LogP contribution in [0.2, 0.25) is 0 Å². The summed E-state index contributed by atoms with van der Waals surface area (Å²) in [6, 6.07) is 12.1. The number of carbonyl (C=O) groups is 2. The number of carbonyl (C=O) groups excluding carboxylic acids is 2. The molecule has 0 aliphatic rings. The van der Waals surface area contributed by atoms with E-state index in [2.05, 4.69) is 0 Å². The Labute approximate surface area is 152 Å². The van der Waals surface area contributed by atoms with Crippen LogP contribution in [-0.2, 0) is 19.4 Å². The topological polar surface area (TPSA) is 86.7 Å². The zero-order chi connectivity index (χ0) is 19.3. The summed E-state index contributed by atoms with van der Waals surface area (Å²) in [6.07, 6.45) is 1.09. The molecule has 1 unspecified atom stereocenters. The third kappa shape index (κ3) is 4.49. The van der Waals surface area contributed by atoms with Gasteiger partial charge in [0.2, 0.25) is 0 Å². The Morgan fingerprint density at radius 2 is 1.58 bits per heavy atom. The van der Waals surface area contributed by atoms with Crippen molar-refractivity contribution in [2.24, 2.45) is 0 Å². The first kappa shape index (κ1) is 19.7. The normalized spacial score (nSPS) is 12.3. The van der Waals surface area contributed by atoms with Crippen LogP contribution < -0.4 is 4.74 Å². The van der Waals surface area contributed by atoms with Crippen LogP contribution in [0.1, 0.15) is 28.8 Å². The van der Waals surface area contributed by atoms with Gasteiger partial charge in [-0.05, 0) is 36.8 Å². The molecule has 0 radical (unpaired) electrons. The summed E-state index contributed by atoms with van der Waals surface area (Å²) in [5, 5.41) is 0. The first-order valence-corrected chi connectivity index (χ1v) is 9.82. The van der Waals surface area contributed by atoms with Crippen molar-refractivity contribution in [3.63, 3.8) is 0 Å². The molecule has 0 saturated carbocycles. The second-order valence-electron chi connectivity index (χ2n) is 5.62. The van der Waals surface area contributed by atoms with E-state index in [9.17, 15) is 18.0 Å². The van der Waals surface area contributed by atoms with Gasteiger partial charge in [0.1, 0.15) is 11.7 Å². The summed E-state index contributed by atoms with van der Waals surface area (Å²) in [5.74, 6) is -1.66. The van der Waals surface area contributed by atoms with Crippen molar-refractivity contribution >= 4 is 21.6 Å². The molecule has 0 bridgehead atoms. The molecule has 1 atom stereocenters. The average Bonchev–Trinajstić information content (AvgIpc) is 2.62. The maximum absolute atomic E-state index is 12.9. The molecule has 2 aromatic carbocycles. The molecule has 26 heavy (non-hydrogen) atoms. The van der Waals surface area contributed by atoms with Gasteiger partial charge in [-0.2, -0.15) is 0 Å². The number of Topliss-reactive ketones (excluding diaryl/α,β-unsaturated/α-hetero) is 1. The molecule has 7 heteroatoms. The fourth-order valence-corrected chi connectivity index (χ4v) is 3.08. The molecule has 0 spiro atoms. The maximum Gasteiger partial charge on any atom is 0.321 e. The number of hydrogen-bond acceptors (Lipinski definition) is 6. The summed E-state index contributed by atoms with van der Waals surface area (Å²) in [5.41, 5.74) is 0.702. The molecule has 138 valence electrons. The molecule has 6 nitrogen and oxygen atoms in total. The molecule has 2 rings (SSSR count). The predicted molar refractivity (Wildman–Crippen MR) is 96.3 cm³/mol. The van der Waals surface area contributed by atoms with E-state index in [0.29, 0.717) is 11.3 Å².